The summed E-state index contributed by atoms with van der Waals surface area (Å²) in [7, 11) is 5.45. The normalized spacial score (nSPS) is 12.4. The second-order valence-electron chi connectivity index (χ2n) is 7.62. The van der Waals surface area contributed by atoms with Crippen LogP contribution in [0.2, 0.25) is 0 Å². The summed E-state index contributed by atoms with van der Waals surface area (Å²) in [6, 6.07) is 20.0. The molecule has 0 amide bonds. The molecule has 1 unspecified atom stereocenters. The molecule has 0 aliphatic heterocycles. The average Bonchev–Trinajstić information content (AvgIpc) is 3.27. The standard InChI is InChI=1S/C24H26N4O2/c1-16(21-14-22(26-25-21)17-8-6-5-7-9-17)27(2)15-19-12-18-10-11-20(30-4)13-23(18)28(3)24(19)29/h5-14,16H,15H2,1-4H3,(H,25,26). The number of rotatable bonds is 6. The van der Waals surface area contributed by atoms with Crippen molar-refractivity contribution in [2.45, 2.75) is 19.5 Å². The third kappa shape index (κ3) is 3.74. The average molecular weight is 402 g/mol. The quantitative estimate of drug-likeness (QED) is 0.527. The van der Waals surface area contributed by atoms with Crippen LogP contribution in [0.15, 0.2) is 65.5 Å². The van der Waals surface area contributed by atoms with Crippen molar-refractivity contribution in [1.82, 2.24) is 19.7 Å². The molecule has 0 aliphatic carbocycles. The molecule has 154 valence electrons. The fourth-order valence-corrected chi connectivity index (χ4v) is 3.70. The van der Waals surface area contributed by atoms with Crippen molar-refractivity contribution in [1.29, 1.82) is 0 Å². The monoisotopic (exact) mass is 402 g/mol. The number of hydrogen-bond donors (Lipinski definition) is 1. The minimum Gasteiger partial charge on any atom is -0.497 e. The van der Waals surface area contributed by atoms with Gasteiger partial charge in [-0.2, -0.15) is 5.10 Å². The zero-order chi connectivity index (χ0) is 21.3. The summed E-state index contributed by atoms with van der Waals surface area (Å²) < 4.78 is 6.98. The van der Waals surface area contributed by atoms with Crippen molar-refractivity contribution in [3.05, 3.63) is 82.3 Å². The zero-order valence-electron chi connectivity index (χ0n) is 17.7. The number of nitrogens with zero attached hydrogens (tertiary/aromatic N) is 3. The van der Waals surface area contributed by atoms with E-state index in [9.17, 15) is 4.79 Å². The molecule has 0 spiro atoms. The van der Waals surface area contributed by atoms with Crippen LogP contribution in [0, 0.1) is 0 Å². The summed E-state index contributed by atoms with van der Waals surface area (Å²) in [5.74, 6) is 0.740. The Labute approximate surface area is 175 Å². The van der Waals surface area contributed by atoms with Gasteiger partial charge in [-0.15, -0.1) is 0 Å². The predicted molar refractivity (Wildman–Crippen MR) is 120 cm³/mol. The lowest BCUT2D eigenvalue weighted by Gasteiger charge is -2.23. The van der Waals surface area contributed by atoms with E-state index in [-0.39, 0.29) is 11.6 Å². The van der Waals surface area contributed by atoms with Crippen LogP contribution in [0.25, 0.3) is 22.2 Å². The largest absolute Gasteiger partial charge is 0.497 e. The number of ether oxygens (including phenoxy) is 1. The fourth-order valence-electron chi connectivity index (χ4n) is 3.70. The number of methoxy groups -OCH3 is 1. The van der Waals surface area contributed by atoms with Gasteiger partial charge in [-0.3, -0.25) is 14.8 Å². The minimum atomic E-state index is 0.00406. The van der Waals surface area contributed by atoms with Crippen LogP contribution in [0.4, 0.5) is 0 Å². The van der Waals surface area contributed by atoms with Gasteiger partial charge < -0.3 is 9.30 Å². The molecule has 4 rings (SSSR count). The van der Waals surface area contributed by atoms with Gasteiger partial charge >= 0.3 is 0 Å². The Morgan fingerprint density at radius 3 is 2.63 bits per heavy atom. The first-order chi connectivity index (χ1) is 14.5. The van der Waals surface area contributed by atoms with Crippen molar-refractivity contribution < 1.29 is 4.74 Å². The summed E-state index contributed by atoms with van der Waals surface area (Å²) in [6.07, 6.45) is 0. The maximum absolute atomic E-state index is 12.9. The molecule has 30 heavy (non-hydrogen) atoms. The molecule has 0 radical (unpaired) electrons. The van der Waals surface area contributed by atoms with E-state index in [0.717, 1.165) is 39.2 Å². The maximum Gasteiger partial charge on any atom is 0.255 e. The molecular formula is C24H26N4O2. The van der Waals surface area contributed by atoms with Gasteiger partial charge in [0.2, 0.25) is 0 Å². The molecule has 0 saturated heterocycles. The SMILES string of the molecule is COc1ccc2cc(CN(C)C(C)c3cc(-c4ccccc4)n[nH]3)c(=O)n(C)c2c1. The van der Waals surface area contributed by atoms with Gasteiger partial charge in [0.25, 0.3) is 5.56 Å². The van der Waals surface area contributed by atoms with E-state index in [4.69, 9.17) is 4.74 Å². The summed E-state index contributed by atoms with van der Waals surface area (Å²) in [5.41, 5.74) is 4.63. The van der Waals surface area contributed by atoms with Gasteiger partial charge in [-0.05, 0) is 43.6 Å². The van der Waals surface area contributed by atoms with Gasteiger partial charge in [0.15, 0.2) is 0 Å². The van der Waals surface area contributed by atoms with Gasteiger partial charge in [0, 0.05) is 36.8 Å². The first-order valence-corrected chi connectivity index (χ1v) is 9.95. The van der Waals surface area contributed by atoms with Crippen LogP contribution in [-0.4, -0.2) is 33.8 Å². The van der Waals surface area contributed by atoms with E-state index in [0.29, 0.717) is 6.54 Å². The predicted octanol–water partition coefficient (Wildman–Crippen LogP) is 4.13. The summed E-state index contributed by atoms with van der Waals surface area (Å²) >= 11 is 0. The van der Waals surface area contributed by atoms with E-state index in [1.807, 2.05) is 61.6 Å². The summed E-state index contributed by atoms with van der Waals surface area (Å²) in [4.78, 5) is 15.1. The molecule has 0 saturated carbocycles. The van der Waals surface area contributed by atoms with Gasteiger partial charge in [-0.1, -0.05) is 30.3 Å². The second-order valence-corrected chi connectivity index (χ2v) is 7.62. The van der Waals surface area contributed by atoms with E-state index in [1.165, 1.54) is 0 Å². The van der Waals surface area contributed by atoms with Crippen molar-refractivity contribution in [3.8, 4) is 17.0 Å². The molecule has 6 nitrogen and oxygen atoms in total. The number of nitrogens with one attached hydrogen (secondary N) is 1. The van der Waals surface area contributed by atoms with Gasteiger partial charge in [0.1, 0.15) is 5.75 Å². The molecular weight excluding hydrogens is 376 g/mol. The minimum absolute atomic E-state index is 0.00406. The van der Waals surface area contributed by atoms with E-state index in [1.54, 1.807) is 18.7 Å². The summed E-state index contributed by atoms with van der Waals surface area (Å²) in [5, 5.41) is 8.62. The molecule has 0 fully saturated rings. The highest BCUT2D eigenvalue weighted by Gasteiger charge is 2.17. The highest BCUT2D eigenvalue weighted by atomic mass is 16.5. The first-order valence-electron chi connectivity index (χ1n) is 9.95. The Balaban J connectivity index is 1.58. The van der Waals surface area contributed by atoms with Crippen molar-refractivity contribution >= 4 is 10.9 Å². The number of hydrogen-bond acceptors (Lipinski definition) is 4. The van der Waals surface area contributed by atoms with Crippen molar-refractivity contribution in [2.75, 3.05) is 14.2 Å². The Kier molecular flexibility index (Phi) is 5.42. The Morgan fingerprint density at radius 2 is 1.90 bits per heavy atom. The number of aromatic nitrogens is 3. The molecule has 4 aromatic rings. The molecule has 0 bridgehead atoms. The Hall–Kier alpha value is -3.38. The molecule has 1 atom stereocenters. The lowest BCUT2D eigenvalue weighted by molar-refractivity contribution is 0.247. The third-order valence-corrected chi connectivity index (χ3v) is 5.71. The van der Waals surface area contributed by atoms with Crippen LogP contribution < -0.4 is 10.3 Å². The van der Waals surface area contributed by atoms with Crippen LogP contribution in [-0.2, 0) is 13.6 Å². The number of benzene rings is 2. The molecule has 1 N–H and O–H groups in total. The Morgan fingerprint density at radius 1 is 1.13 bits per heavy atom. The molecule has 2 aromatic heterocycles. The number of pyridine rings is 1. The number of aryl methyl sites for hydroxylation is 1. The number of H-pyrrole nitrogens is 1. The van der Waals surface area contributed by atoms with Gasteiger partial charge in [-0.25, -0.2) is 0 Å². The lowest BCUT2D eigenvalue weighted by atomic mass is 10.1. The maximum atomic E-state index is 12.9. The van der Waals surface area contributed by atoms with E-state index >= 15 is 0 Å². The third-order valence-electron chi connectivity index (χ3n) is 5.71. The van der Waals surface area contributed by atoms with Crippen LogP contribution in [0.1, 0.15) is 24.2 Å². The van der Waals surface area contributed by atoms with Crippen LogP contribution >= 0.6 is 0 Å². The fraction of sp³-hybridized carbons (Fsp3) is 0.250. The number of fused-ring (bicyclic) bond motifs is 1. The highest BCUT2D eigenvalue weighted by molar-refractivity contribution is 5.81. The summed E-state index contributed by atoms with van der Waals surface area (Å²) in [6.45, 7) is 2.65. The molecule has 6 heteroatoms. The van der Waals surface area contributed by atoms with Crippen LogP contribution in [0.3, 0.4) is 0 Å². The molecule has 2 heterocycles. The Bertz CT molecular complexity index is 1230. The first kappa shape index (κ1) is 19.9. The molecule has 2 aromatic carbocycles. The zero-order valence-corrected chi connectivity index (χ0v) is 17.7. The van der Waals surface area contributed by atoms with Crippen LogP contribution in [0.5, 0.6) is 5.75 Å². The molecule has 0 aliphatic rings. The smallest absolute Gasteiger partial charge is 0.255 e. The van der Waals surface area contributed by atoms with Gasteiger partial charge in [0.05, 0.1) is 24.0 Å². The van der Waals surface area contributed by atoms with E-state index < -0.39 is 0 Å². The lowest BCUT2D eigenvalue weighted by Crippen LogP contribution is -2.29. The van der Waals surface area contributed by atoms with Crippen molar-refractivity contribution in [3.63, 3.8) is 0 Å². The number of aromatic amines is 1. The van der Waals surface area contributed by atoms with E-state index in [2.05, 4.69) is 28.1 Å². The van der Waals surface area contributed by atoms with Crippen molar-refractivity contribution in [2.24, 2.45) is 7.05 Å². The topological polar surface area (TPSA) is 63.1 Å². The highest BCUT2D eigenvalue weighted by Crippen LogP contribution is 2.25. The second kappa shape index (κ2) is 8.16.